The summed E-state index contributed by atoms with van der Waals surface area (Å²) in [6.45, 7) is 4.86. The number of nitrogens with one attached hydrogen (secondary N) is 1. The zero-order valence-corrected chi connectivity index (χ0v) is 21.9. The number of carbonyl (C=O) groups is 2. The summed E-state index contributed by atoms with van der Waals surface area (Å²) in [5, 5.41) is 3.39. The largest absolute Gasteiger partial charge is 0.460 e. The van der Waals surface area contributed by atoms with Crippen LogP contribution in [0.25, 0.3) is 0 Å². The maximum Gasteiger partial charge on any atom is 0.336 e. The summed E-state index contributed by atoms with van der Waals surface area (Å²) in [6, 6.07) is 13.8. The van der Waals surface area contributed by atoms with E-state index in [0.717, 1.165) is 21.3 Å². The van der Waals surface area contributed by atoms with Gasteiger partial charge in [-0.1, -0.05) is 46.3 Å². The van der Waals surface area contributed by atoms with Gasteiger partial charge in [0.1, 0.15) is 6.61 Å². The Kier molecular flexibility index (Phi) is 7.16. The Hall–Kier alpha value is -3.10. The third-order valence-electron chi connectivity index (χ3n) is 6.79. The van der Waals surface area contributed by atoms with Crippen molar-refractivity contribution in [2.75, 3.05) is 26.6 Å². The molecule has 0 saturated heterocycles. The maximum absolute atomic E-state index is 13.8. The number of benzene rings is 2. The van der Waals surface area contributed by atoms with E-state index in [1.165, 1.54) is 0 Å². The second kappa shape index (κ2) is 10.5. The molecule has 5 rings (SSSR count). The number of rotatable bonds is 7. The number of ketones is 1. The SMILES string of the molecule is CCOCCOC(=O)C1=C(C)NC2=C(C(=O)C[C@@H](c3ccccc3)C2)[C@H]1c1cc2c(cc1Br)OCO2. The molecule has 1 aliphatic carbocycles. The van der Waals surface area contributed by atoms with Crippen molar-refractivity contribution in [1.29, 1.82) is 0 Å². The molecule has 0 aromatic heterocycles. The first-order valence-electron chi connectivity index (χ1n) is 12.1. The van der Waals surface area contributed by atoms with Gasteiger partial charge in [0.05, 0.1) is 12.2 Å². The number of dihydropyridines is 1. The molecule has 2 aromatic carbocycles. The molecule has 36 heavy (non-hydrogen) atoms. The van der Waals surface area contributed by atoms with Gasteiger partial charge >= 0.3 is 5.97 Å². The Morgan fingerprint density at radius 2 is 1.86 bits per heavy atom. The number of hydrogen-bond donors (Lipinski definition) is 1. The monoisotopic (exact) mass is 553 g/mol. The Morgan fingerprint density at radius 3 is 2.61 bits per heavy atom. The van der Waals surface area contributed by atoms with Crippen LogP contribution in [0.1, 0.15) is 49.7 Å². The average Bonchev–Trinajstić information content (AvgIpc) is 3.32. The lowest BCUT2D eigenvalue weighted by Crippen LogP contribution is -2.36. The minimum Gasteiger partial charge on any atom is -0.460 e. The predicted octanol–water partition coefficient (Wildman–Crippen LogP) is 5.12. The van der Waals surface area contributed by atoms with E-state index in [2.05, 4.69) is 33.4 Å². The molecular weight excluding hydrogens is 526 g/mol. The standard InChI is InChI=1S/C28H28BrNO6/c1-3-33-9-10-34-28(32)25-16(2)30-21-11-18(17-7-5-4-6-8-17)12-22(31)27(21)26(25)19-13-23-24(14-20(19)29)36-15-35-23/h4-8,13-14,18,26,30H,3,9-12,15H2,1-2H3/t18-,26-/m0/s1. The third kappa shape index (κ3) is 4.67. The van der Waals surface area contributed by atoms with Crippen molar-refractivity contribution in [3.05, 3.63) is 80.6 Å². The average molecular weight is 554 g/mol. The molecule has 2 aromatic rings. The van der Waals surface area contributed by atoms with Crippen LogP contribution in [0.5, 0.6) is 11.5 Å². The fourth-order valence-corrected chi connectivity index (χ4v) is 5.70. The van der Waals surface area contributed by atoms with Crippen molar-refractivity contribution in [2.45, 2.75) is 38.5 Å². The number of hydrogen-bond acceptors (Lipinski definition) is 7. The topological polar surface area (TPSA) is 83.1 Å². The van der Waals surface area contributed by atoms with Gasteiger partial charge in [-0.25, -0.2) is 4.79 Å². The normalized spacial score (nSPS) is 20.8. The molecule has 0 amide bonds. The number of fused-ring (bicyclic) bond motifs is 1. The van der Waals surface area contributed by atoms with E-state index >= 15 is 0 Å². The lowest BCUT2D eigenvalue weighted by atomic mass is 9.71. The van der Waals surface area contributed by atoms with Crippen molar-refractivity contribution < 1.29 is 28.5 Å². The van der Waals surface area contributed by atoms with Crippen LogP contribution in [-0.4, -0.2) is 38.4 Å². The first kappa shape index (κ1) is 24.6. The number of esters is 1. The molecule has 2 heterocycles. The summed E-state index contributed by atoms with van der Waals surface area (Å²) in [4.78, 5) is 27.1. The third-order valence-corrected chi connectivity index (χ3v) is 7.47. The number of halogens is 1. The highest BCUT2D eigenvalue weighted by Crippen LogP contribution is 2.49. The van der Waals surface area contributed by atoms with E-state index in [9.17, 15) is 9.59 Å². The highest BCUT2D eigenvalue weighted by Gasteiger charge is 2.42. The molecule has 0 unspecified atom stereocenters. The molecule has 0 radical (unpaired) electrons. The van der Waals surface area contributed by atoms with Crippen LogP contribution in [0.4, 0.5) is 0 Å². The Balaban J connectivity index is 1.56. The van der Waals surface area contributed by atoms with E-state index in [-0.39, 0.29) is 25.1 Å². The van der Waals surface area contributed by atoms with Crippen molar-refractivity contribution >= 4 is 27.7 Å². The van der Waals surface area contributed by atoms with Crippen molar-refractivity contribution in [3.63, 3.8) is 0 Å². The fraction of sp³-hybridized carbons (Fsp3) is 0.357. The van der Waals surface area contributed by atoms with Gasteiger partial charge in [-0.05, 0) is 49.4 Å². The second-order valence-electron chi connectivity index (χ2n) is 8.99. The summed E-state index contributed by atoms with van der Waals surface area (Å²) in [7, 11) is 0. The first-order chi connectivity index (χ1) is 17.5. The molecule has 8 heteroatoms. The molecule has 3 aliphatic rings. The number of carbonyl (C=O) groups excluding carboxylic acids is 2. The van der Waals surface area contributed by atoms with Gasteiger partial charge in [0.2, 0.25) is 6.79 Å². The van der Waals surface area contributed by atoms with Gasteiger partial charge in [-0.15, -0.1) is 0 Å². The lowest BCUT2D eigenvalue weighted by molar-refractivity contribution is -0.140. The van der Waals surface area contributed by atoms with Gasteiger partial charge in [0.15, 0.2) is 17.3 Å². The van der Waals surface area contributed by atoms with E-state index in [1.54, 1.807) is 0 Å². The minimum atomic E-state index is -0.603. The Labute approximate surface area is 218 Å². The van der Waals surface area contributed by atoms with Crippen LogP contribution in [0.2, 0.25) is 0 Å². The van der Waals surface area contributed by atoms with E-state index in [0.29, 0.717) is 54.4 Å². The van der Waals surface area contributed by atoms with E-state index in [1.807, 2.05) is 44.2 Å². The smallest absolute Gasteiger partial charge is 0.336 e. The lowest BCUT2D eigenvalue weighted by Gasteiger charge is -2.37. The van der Waals surface area contributed by atoms with Crippen LogP contribution >= 0.6 is 15.9 Å². The van der Waals surface area contributed by atoms with Crippen molar-refractivity contribution in [1.82, 2.24) is 5.32 Å². The summed E-state index contributed by atoms with van der Waals surface area (Å²) in [5.74, 6) is 0.209. The van der Waals surface area contributed by atoms with Crippen molar-refractivity contribution in [3.8, 4) is 11.5 Å². The molecule has 0 saturated carbocycles. The van der Waals surface area contributed by atoms with Crippen LogP contribution < -0.4 is 14.8 Å². The summed E-state index contributed by atoms with van der Waals surface area (Å²) < 4.78 is 22.8. The molecule has 2 aliphatic heterocycles. The van der Waals surface area contributed by atoms with Gasteiger partial charge in [0.25, 0.3) is 0 Å². The van der Waals surface area contributed by atoms with Crippen LogP contribution in [0, 0.1) is 0 Å². The zero-order chi connectivity index (χ0) is 25.2. The van der Waals surface area contributed by atoms with Crippen LogP contribution in [0.15, 0.2) is 69.5 Å². The van der Waals surface area contributed by atoms with Gasteiger partial charge < -0.3 is 24.3 Å². The fourth-order valence-electron chi connectivity index (χ4n) is 5.15. The van der Waals surface area contributed by atoms with Crippen LogP contribution in [-0.2, 0) is 19.1 Å². The molecule has 0 fully saturated rings. The van der Waals surface area contributed by atoms with Gasteiger partial charge in [-0.2, -0.15) is 0 Å². The molecule has 1 N–H and O–H groups in total. The molecule has 0 spiro atoms. The van der Waals surface area contributed by atoms with Gasteiger partial charge in [-0.3, -0.25) is 4.79 Å². The highest BCUT2D eigenvalue weighted by atomic mass is 79.9. The molecule has 188 valence electrons. The predicted molar refractivity (Wildman–Crippen MR) is 137 cm³/mol. The van der Waals surface area contributed by atoms with E-state index in [4.69, 9.17) is 18.9 Å². The quantitative estimate of drug-likeness (QED) is 0.376. The minimum absolute atomic E-state index is 0.0132. The first-order valence-corrected chi connectivity index (χ1v) is 12.9. The highest BCUT2D eigenvalue weighted by molar-refractivity contribution is 9.10. The molecule has 7 nitrogen and oxygen atoms in total. The number of allylic oxidation sites excluding steroid dienone is 3. The Bertz CT molecular complexity index is 1250. The van der Waals surface area contributed by atoms with Crippen molar-refractivity contribution in [2.24, 2.45) is 0 Å². The maximum atomic E-state index is 13.8. The zero-order valence-electron chi connectivity index (χ0n) is 20.3. The molecule has 2 atom stereocenters. The number of Topliss-reactive ketones (excluding diaryl/α,β-unsaturated/α-hetero) is 1. The van der Waals surface area contributed by atoms with Crippen LogP contribution in [0.3, 0.4) is 0 Å². The van der Waals surface area contributed by atoms with Gasteiger partial charge in [0, 0.05) is 40.4 Å². The second-order valence-corrected chi connectivity index (χ2v) is 9.84. The number of ether oxygens (including phenoxy) is 4. The molecule has 0 bridgehead atoms. The summed E-state index contributed by atoms with van der Waals surface area (Å²) in [6.07, 6.45) is 1.04. The van der Waals surface area contributed by atoms with E-state index < -0.39 is 11.9 Å². The summed E-state index contributed by atoms with van der Waals surface area (Å²) >= 11 is 3.66. The Morgan fingerprint density at radius 1 is 1.11 bits per heavy atom. The summed E-state index contributed by atoms with van der Waals surface area (Å²) in [5.41, 5.74) is 4.42. The molecular formula is C28H28BrNO6.